The van der Waals surface area contributed by atoms with E-state index in [1.807, 2.05) is 11.9 Å². The average Bonchev–Trinajstić information content (AvgIpc) is 3.55. The van der Waals surface area contributed by atoms with Crippen LogP contribution in [-0.2, 0) is 14.8 Å². The van der Waals surface area contributed by atoms with Crippen LogP contribution in [0.3, 0.4) is 0 Å². The number of likely N-dealkylation sites (tertiary alicyclic amines) is 1. The number of nitrogens with zero attached hydrogens (tertiary/aromatic N) is 2. The Kier molecular flexibility index (Phi) is 6.09. The third-order valence-electron chi connectivity index (χ3n) is 5.88. The van der Waals surface area contributed by atoms with Crippen molar-refractivity contribution in [2.45, 2.75) is 42.9 Å². The molecule has 2 aromatic rings. The summed E-state index contributed by atoms with van der Waals surface area (Å²) < 4.78 is 42.9. The molecule has 0 aromatic heterocycles. The van der Waals surface area contributed by atoms with Crippen molar-refractivity contribution in [2.24, 2.45) is 10.3 Å². The monoisotopic (exact) mass is 443 g/mol. The summed E-state index contributed by atoms with van der Waals surface area (Å²) in [6.07, 6.45) is 4.33. The van der Waals surface area contributed by atoms with Gasteiger partial charge < -0.3 is 10.2 Å². The summed E-state index contributed by atoms with van der Waals surface area (Å²) in [5, 5.41) is 2.81. The number of benzene rings is 2. The molecule has 2 unspecified atom stereocenters. The summed E-state index contributed by atoms with van der Waals surface area (Å²) >= 11 is 0. The maximum Gasteiger partial charge on any atom is 0.284 e. The van der Waals surface area contributed by atoms with E-state index >= 15 is 0 Å². The van der Waals surface area contributed by atoms with Gasteiger partial charge in [0.05, 0.1) is 4.90 Å². The summed E-state index contributed by atoms with van der Waals surface area (Å²) in [5.41, 5.74) is 1.35. The second kappa shape index (κ2) is 8.78. The SMILES string of the molecule is CN1CCCCCC1=NS(=O)(=O)c1cccc(NC(=O)C2CC2c2ccc(F)cc2)c1. The van der Waals surface area contributed by atoms with E-state index in [-0.39, 0.29) is 28.5 Å². The standard InChI is InChI=1S/C23H26FN3O3S/c1-27-13-4-2-3-8-22(27)26-31(29,30)19-7-5-6-18(14-19)25-23(28)21-15-20(21)16-9-11-17(24)12-10-16/h5-7,9-12,14,20-21H,2-4,8,13,15H2,1H3,(H,25,28). The van der Waals surface area contributed by atoms with Crippen molar-refractivity contribution in [3.63, 3.8) is 0 Å². The van der Waals surface area contributed by atoms with Crippen molar-refractivity contribution in [3.8, 4) is 0 Å². The largest absolute Gasteiger partial charge is 0.362 e. The van der Waals surface area contributed by atoms with Crippen molar-refractivity contribution < 1.29 is 17.6 Å². The fourth-order valence-corrected chi connectivity index (χ4v) is 5.11. The van der Waals surface area contributed by atoms with Crippen molar-refractivity contribution >= 4 is 27.5 Å². The van der Waals surface area contributed by atoms with Crippen LogP contribution in [0.15, 0.2) is 57.8 Å². The molecule has 0 radical (unpaired) electrons. The fourth-order valence-electron chi connectivity index (χ4n) is 3.97. The molecular formula is C23H26FN3O3S. The molecule has 2 aromatic carbocycles. The molecule has 4 rings (SSSR count). The molecule has 1 saturated heterocycles. The lowest BCUT2D eigenvalue weighted by Crippen LogP contribution is -2.26. The first kappa shape index (κ1) is 21.5. The van der Waals surface area contributed by atoms with Gasteiger partial charge in [0.15, 0.2) is 0 Å². The van der Waals surface area contributed by atoms with Crippen LogP contribution in [0.4, 0.5) is 10.1 Å². The van der Waals surface area contributed by atoms with E-state index in [1.54, 1.807) is 24.3 Å². The van der Waals surface area contributed by atoms with Crippen molar-refractivity contribution in [3.05, 3.63) is 59.9 Å². The summed E-state index contributed by atoms with van der Waals surface area (Å²) in [5.74, 6) is -0.0388. The number of hydrogen-bond donors (Lipinski definition) is 1. The quantitative estimate of drug-likeness (QED) is 0.753. The first-order valence-electron chi connectivity index (χ1n) is 10.5. The summed E-state index contributed by atoms with van der Waals surface area (Å²) in [7, 11) is -2.01. The number of carbonyl (C=O) groups excluding carboxylic acids is 1. The third kappa shape index (κ3) is 5.12. The minimum Gasteiger partial charge on any atom is -0.362 e. The van der Waals surface area contributed by atoms with Crippen LogP contribution in [0, 0.1) is 11.7 Å². The first-order valence-corrected chi connectivity index (χ1v) is 12.0. The molecule has 1 aliphatic heterocycles. The van der Waals surface area contributed by atoms with Crippen LogP contribution in [0.5, 0.6) is 0 Å². The van der Waals surface area contributed by atoms with Gasteiger partial charge in [-0.25, -0.2) is 4.39 Å². The lowest BCUT2D eigenvalue weighted by Gasteiger charge is -2.17. The van der Waals surface area contributed by atoms with E-state index in [0.29, 0.717) is 24.4 Å². The maximum absolute atomic E-state index is 13.1. The van der Waals surface area contributed by atoms with Crippen LogP contribution in [-0.4, -0.2) is 38.7 Å². The number of rotatable bonds is 5. The maximum atomic E-state index is 13.1. The van der Waals surface area contributed by atoms with E-state index < -0.39 is 10.0 Å². The number of carbonyl (C=O) groups is 1. The van der Waals surface area contributed by atoms with Crippen LogP contribution in [0.1, 0.15) is 43.6 Å². The van der Waals surface area contributed by atoms with Crippen LogP contribution in [0.2, 0.25) is 0 Å². The predicted octanol–water partition coefficient (Wildman–Crippen LogP) is 4.16. The summed E-state index contributed by atoms with van der Waals surface area (Å²) in [4.78, 5) is 14.6. The van der Waals surface area contributed by atoms with E-state index in [2.05, 4.69) is 9.71 Å². The van der Waals surface area contributed by atoms with Gasteiger partial charge in [-0.15, -0.1) is 4.40 Å². The zero-order valence-corrected chi connectivity index (χ0v) is 18.2. The molecule has 6 nitrogen and oxygen atoms in total. The highest BCUT2D eigenvalue weighted by atomic mass is 32.2. The fraction of sp³-hybridized carbons (Fsp3) is 0.391. The summed E-state index contributed by atoms with van der Waals surface area (Å²) in [6, 6.07) is 12.4. The minimum atomic E-state index is -3.87. The lowest BCUT2D eigenvalue weighted by molar-refractivity contribution is -0.117. The van der Waals surface area contributed by atoms with Gasteiger partial charge in [0.25, 0.3) is 10.0 Å². The Labute approximate surface area is 182 Å². The topological polar surface area (TPSA) is 78.8 Å². The third-order valence-corrected chi connectivity index (χ3v) is 7.19. The van der Waals surface area contributed by atoms with Gasteiger partial charge in [-0.3, -0.25) is 4.79 Å². The van der Waals surface area contributed by atoms with Gasteiger partial charge in [0, 0.05) is 31.6 Å². The van der Waals surface area contributed by atoms with Crippen LogP contribution < -0.4 is 5.32 Å². The number of hydrogen-bond acceptors (Lipinski definition) is 3. The highest BCUT2D eigenvalue weighted by Gasteiger charge is 2.43. The zero-order valence-electron chi connectivity index (χ0n) is 17.4. The number of halogens is 1. The van der Waals surface area contributed by atoms with Gasteiger partial charge >= 0.3 is 0 Å². The zero-order chi connectivity index (χ0) is 22.0. The van der Waals surface area contributed by atoms with Gasteiger partial charge in [0.2, 0.25) is 5.91 Å². The Bertz CT molecular complexity index is 1100. The molecule has 2 fully saturated rings. The number of anilines is 1. The average molecular weight is 444 g/mol. The second-order valence-electron chi connectivity index (χ2n) is 8.23. The molecule has 2 atom stereocenters. The van der Waals surface area contributed by atoms with Gasteiger partial charge in [-0.1, -0.05) is 24.6 Å². The number of amides is 1. The van der Waals surface area contributed by atoms with Gasteiger partial charge in [-0.2, -0.15) is 8.42 Å². The molecule has 0 spiro atoms. The van der Waals surface area contributed by atoms with Crippen LogP contribution in [0.25, 0.3) is 0 Å². The number of nitrogens with one attached hydrogen (secondary N) is 1. The first-order chi connectivity index (χ1) is 14.8. The van der Waals surface area contributed by atoms with Gasteiger partial charge in [-0.05, 0) is 61.1 Å². The second-order valence-corrected chi connectivity index (χ2v) is 9.84. The molecule has 0 bridgehead atoms. The molecule has 31 heavy (non-hydrogen) atoms. The highest BCUT2D eigenvalue weighted by molar-refractivity contribution is 7.90. The van der Waals surface area contributed by atoms with Gasteiger partial charge in [0.1, 0.15) is 11.7 Å². The Morgan fingerprint density at radius 2 is 1.90 bits per heavy atom. The molecule has 1 N–H and O–H groups in total. The smallest absolute Gasteiger partial charge is 0.284 e. The molecule has 1 heterocycles. The van der Waals surface area contributed by atoms with E-state index in [0.717, 1.165) is 31.4 Å². The van der Waals surface area contributed by atoms with Crippen molar-refractivity contribution in [1.29, 1.82) is 0 Å². The minimum absolute atomic E-state index is 0.0568. The molecule has 1 amide bonds. The molecular weight excluding hydrogens is 417 g/mol. The normalized spacial score (nSPS) is 22.8. The Morgan fingerprint density at radius 1 is 1.13 bits per heavy atom. The molecule has 1 aliphatic carbocycles. The number of amidine groups is 1. The van der Waals surface area contributed by atoms with E-state index in [4.69, 9.17) is 0 Å². The Balaban J connectivity index is 1.46. The Hall–Kier alpha value is -2.74. The van der Waals surface area contributed by atoms with Crippen molar-refractivity contribution in [1.82, 2.24) is 4.90 Å². The van der Waals surface area contributed by atoms with E-state index in [1.165, 1.54) is 24.3 Å². The van der Waals surface area contributed by atoms with Crippen molar-refractivity contribution in [2.75, 3.05) is 18.9 Å². The molecule has 8 heteroatoms. The Morgan fingerprint density at radius 3 is 2.68 bits per heavy atom. The molecule has 2 aliphatic rings. The van der Waals surface area contributed by atoms with Crippen LogP contribution >= 0.6 is 0 Å². The van der Waals surface area contributed by atoms with E-state index in [9.17, 15) is 17.6 Å². The highest BCUT2D eigenvalue weighted by Crippen LogP contribution is 2.48. The number of sulfonamides is 1. The lowest BCUT2D eigenvalue weighted by atomic mass is 10.1. The predicted molar refractivity (Wildman–Crippen MR) is 118 cm³/mol. The molecule has 164 valence electrons. The molecule has 1 saturated carbocycles. The summed E-state index contributed by atoms with van der Waals surface area (Å²) in [6.45, 7) is 0.793.